The van der Waals surface area contributed by atoms with Gasteiger partial charge < -0.3 is 15.7 Å². The highest BCUT2D eigenvalue weighted by atomic mass is 32.2. The molecule has 1 rings (SSSR count). The molecule has 0 aromatic heterocycles. The van der Waals surface area contributed by atoms with Gasteiger partial charge >= 0.3 is 5.97 Å². The van der Waals surface area contributed by atoms with E-state index in [-0.39, 0.29) is 5.91 Å². The summed E-state index contributed by atoms with van der Waals surface area (Å²) in [6, 6.07) is -0.486. The molecule has 1 amide bonds. The van der Waals surface area contributed by atoms with Crippen LogP contribution in [0.1, 0.15) is 12.8 Å². The zero-order valence-electron chi connectivity index (χ0n) is 9.39. The summed E-state index contributed by atoms with van der Waals surface area (Å²) >= 11 is 1.65. The summed E-state index contributed by atoms with van der Waals surface area (Å²) in [6.45, 7) is 0.823. The van der Waals surface area contributed by atoms with Crippen LogP contribution in [0.2, 0.25) is 0 Å². The highest BCUT2D eigenvalue weighted by molar-refractivity contribution is 7.98. The molecule has 1 aliphatic rings. The number of carbonyl (C=O) groups excluding carboxylic acids is 1. The summed E-state index contributed by atoms with van der Waals surface area (Å²) in [6.07, 6.45) is 3.15. The quantitative estimate of drug-likeness (QED) is 0.713. The van der Waals surface area contributed by atoms with Gasteiger partial charge in [-0.25, -0.2) is 0 Å². The monoisotopic (exact) mass is 246 g/mol. The van der Waals surface area contributed by atoms with Crippen molar-refractivity contribution < 1.29 is 14.7 Å². The number of nitrogens with two attached hydrogens (primary N) is 1. The summed E-state index contributed by atoms with van der Waals surface area (Å²) < 4.78 is 0. The van der Waals surface area contributed by atoms with E-state index in [0.717, 1.165) is 5.75 Å². The summed E-state index contributed by atoms with van der Waals surface area (Å²) in [5, 5.41) is 8.82. The summed E-state index contributed by atoms with van der Waals surface area (Å²) in [4.78, 5) is 24.1. The molecule has 1 unspecified atom stereocenters. The zero-order chi connectivity index (χ0) is 12.1. The Balaban J connectivity index is 2.41. The Kier molecular flexibility index (Phi) is 5.08. The Bertz CT molecular complexity index is 273. The summed E-state index contributed by atoms with van der Waals surface area (Å²) in [5.74, 6) is -0.509. The van der Waals surface area contributed by atoms with Gasteiger partial charge in [-0.05, 0) is 24.9 Å². The normalized spacial score (nSPS) is 22.1. The molecule has 0 aliphatic carbocycles. The van der Waals surface area contributed by atoms with Crippen molar-refractivity contribution in [3.8, 4) is 0 Å². The van der Waals surface area contributed by atoms with E-state index in [1.54, 1.807) is 16.7 Å². The highest BCUT2D eigenvalue weighted by Gasteiger charge is 2.32. The van der Waals surface area contributed by atoms with E-state index in [4.69, 9.17) is 10.8 Å². The molecule has 0 spiro atoms. The molecule has 1 saturated heterocycles. The van der Waals surface area contributed by atoms with E-state index in [0.29, 0.717) is 25.9 Å². The Morgan fingerprint density at radius 2 is 2.31 bits per heavy atom. The van der Waals surface area contributed by atoms with Crippen LogP contribution in [0.15, 0.2) is 0 Å². The smallest absolute Gasteiger partial charge is 0.308 e. The maximum Gasteiger partial charge on any atom is 0.308 e. The number of rotatable bonds is 5. The fourth-order valence-corrected chi connectivity index (χ4v) is 2.25. The third-order valence-corrected chi connectivity index (χ3v) is 3.44. The first-order valence-electron chi connectivity index (χ1n) is 5.32. The predicted octanol–water partition coefficient (Wildman–Crippen LogP) is -0.0001000. The largest absolute Gasteiger partial charge is 0.481 e. The SMILES string of the molecule is CSCC[C@@H](N)C(=O)N1CCC(C(=O)O)C1. The number of carbonyl (C=O) groups is 2. The third-order valence-electron chi connectivity index (χ3n) is 2.80. The molecule has 1 heterocycles. The van der Waals surface area contributed by atoms with Crippen LogP contribution in [0.5, 0.6) is 0 Å². The van der Waals surface area contributed by atoms with E-state index in [2.05, 4.69) is 0 Å². The molecule has 0 radical (unpaired) electrons. The van der Waals surface area contributed by atoms with Gasteiger partial charge in [-0.2, -0.15) is 11.8 Å². The summed E-state index contributed by atoms with van der Waals surface area (Å²) in [5.41, 5.74) is 5.75. The minimum absolute atomic E-state index is 0.113. The molecule has 0 saturated carbocycles. The fraction of sp³-hybridized carbons (Fsp3) is 0.800. The molecule has 0 bridgehead atoms. The standard InChI is InChI=1S/C10H18N2O3S/c1-16-5-3-8(11)9(13)12-4-2-7(6-12)10(14)15/h7-8H,2-6,11H2,1H3,(H,14,15)/t7?,8-/m1/s1. The number of amides is 1. The second-order valence-electron chi connectivity index (χ2n) is 4.00. The van der Waals surface area contributed by atoms with Crippen molar-refractivity contribution in [1.82, 2.24) is 4.90 Å². The summed E-state index contributed by atoms with van der Waals surface area (Å²) in [7, 11) is 0. The lowest BCUT2D eigenvalue weighted by Crippen LogP contribution is -2.43. The van der Waals surface area contributed by atoms with E-state index in [9.17, 15) is 9.59 Å². The van der Waals surface area contributed by atoms with Crippen LogP contribution in [0.4, 0.5) is 0 Å². The predicted molar refractivity (Wildman–Crippen MR) is 63.3 cm³/mol. The lowest BCUT2D eigenvalue weighted by molar-refractivity contribution is -0.141. The Labute approximate surface area is 99.4 Å². The van der Waals surface area contributed by atoms with Crippen molar-refractivity contribution in [1.29, 1.82) is 0 Å². The Morgan fingerprint density at radius 3 is 2.81 bits per heavy atom. The number of thioether (sulfide) groups is 1. The van der Waals surface area contributed by atoms with E-state index < -0.39 is 17.9 Å². The number of hydrogen-bond donors (Lipinski definition) is 2. The molecule has 92 valence electrons. The second kappa shape index (κ2) is 6.10. The molecule has 1 aliphatic heterocycles. The Morgan fingerprint density at radius 1 is 1.62 bits per heavy atom. The van der Waals surface area contributed by atoms with Gasteiger partial charge in [0.1, 0.15) is 0 Å². The lowest BCUT2D eigenvalue weighted by Gasteiger charge is -2.20. The molecule has 6 heteroatoms. The molecular formula is C10H18N2O3S. The van der Waals surface area contributed by atoms with Crippen molar-refractivity contribution in [3.63, 3.8) is 0 Å². The van der Waals surface area contributed by atoms with Crippen molar-refractivity contribution in [2.75, 3.05) is 25.1 Å². The van der Waals surface area contributed by atoms with Gasteiger partial charge in [0.2, 0.25) is 5.91 Å². The number of carboxylic acid groups (broad SMARTS) is 1. The molecule has 0 aromatic rings. The number of nitrogens with zero attached hydrogens (tertiary/aromatic N) is 1. The van der Waals surface area contributed by atoms with Crippen LogP contribution in [0.25, 0.3) is 0 Å². The van der Waals surface area contributed by atoms with Crippen molar-refractivity contribution in [3.05, 3.63) is 0 Å². The van der Waals surface area contributed by atoms with Gasteiger partial charge in [-0.3, -0.25) is 9.59 Å². The lowest BCUT2D eigenvalue weighted by atomic mass is 10.1. The van der Waals surface area contributed by atoms with Crippen LogP contribution in [-0.4, -0.2) is 53.0 Å². The van der Waals surface area contributed by atoms with Crippen LogP contribution in [-0.2, 0) is 9.59 Å². The van der Waals surface area contributed by atoms with Crippen molar-refractivity contribution in [2.45, 2.75) is 18.9 Å². The van der Waals surface area contributed by atoms with Gasteiger partial charge in [0.25, 0.3) is 0 Å². The first-order chi connectivity index (χ1) is 7.56. The van der Waals surface area contributed by atoms with E-state index >= 15 is 0 Å². The molecule has 16 heavy (non-hydrogen) atoms. The second-order valence-corrected chi connectivity index (χ2v) is 4.98. The van der Waals surface area contributed by atoms with Crippen molar-refractivity contribution in [2.24, 2.45) is 11.7 Å². The number of carboxylic acids is 1. The topological polar surface area (TPSA) is 83.6 Å². The highest BCUT2D eigenvalue weighted by Crippen LogP contribution is 2.17. The maximum atomic E-state index is 11.8. The van der Waals surface area contributed by atoms with Crippen LogP contribution >= 0.6 is 11.8 Å². The molecule has 0 aromatic carbocycles. The number of hydrogen-bond acceptors (Lipinski definition) is 4. The molecule has 2 atom stereocenters. The third kappa shape index (κ3) is 3.38. The molecule has 1 fully saturated rings. The zero-order valence-corrected chi connectivity index (χ0v) is 10.2. The van der Waals surface area contributed by atoms with Crippen LogP contribution in [0, 0.1) is 5.92 Å². The van der Waals surface area contributed by atoms with Gasteiger partial charge in [0.05, 0.1) is 12.0 Å². The molecule has 3 N–H and O–H groups in total. The van der Waals surface area contributed by atoms with Gasteiger partial charge in [0, 0.05) is 13.1 Å². The van der Waals surface area contributed by atoms with Crippen LogP contribution in [0.3, 0.4) is 0 Å². The number of likely N-dealkylation sites (tertiary alicyclic amines) is 1. The minimum atomic E-state index is -0.826. The first kappa shape index (κ1) is 13.3. The molecular weight excluding hydrogens is 228 g/mol. The van der Waals surface area contributed by atoms with Crippen LogP contribution < -0.4 is 5.73 Å². The average molecular weight is 246 g/mol. The van der Waals surface area contributed by atoms with E-state index in [1.165, 1.54) is 0 Å². The van der Waals surface area contributed by atoms with Gasteiger partial charge in [-0.1, -0.05) is 0 Å². The fourth-order valence-electron chi connectivity index (χ4n) is 1.76. The maximum absolute atomic E-state index is 11.8. The first-order valence-corrected chi connectivity index (χ1v) is 6.71. The van der Waals surface area contributed by atoms with Gasteiger partial charge in [0.15, 0.2) is 0 Å². The van der Waals surface area contributed by atoms with Crippen molar-refractivity contribution >= 4 is 23.6 Å². The van der Waals surface area contributed by atoms with E-state index in [1.807, 2.05) is 6.26 Å². The number of aliphatic carboxylic acids is 1. The Hall–Kier alpha value is -0.750. The minimum Gasteiger partial charge on any atom is -0.481 e. The molecule has 5 nitrogen and oxygen atoms in total. The average Bonchev–Trinajstić information content (AvgIpc) is 2.74. The van der Waals surface area contributed by atoms with Gasteiger partial charge in [-0.15, -0.1) is 0 Å².